The Morgan fingerprint density at radius 2 is 1.33 bits per heavy atom. The first kappa shape index (κ1) is 21.2. The number of fused-ring (bicyclic) bond motifs is 1. The first-order valence-corrected chi connectivity index (χ1v) is 11.6. The molecule has 0 amide bonds. The van der Waals surface area contributed by atoms with Crippen molar-refractivity contribution in [1.82, 2.24) is 4.57 Å². The van der Waals surface area contributed by atoms with Gasteiger partial charge in [0.25, 0.3) is 5.82 Å². The van der Waals surface area contributed by atoms with Crippen LogP contribution in [0.4, 0.5) is 0 Å². The minimum Gasteiger partial charge on any atom is -0.225 e. The number of para-hydroxylation sites is 2. The number of benzene rings is 4. The Morgan fingerprint density at radius 1 is 0.697 bits per heavy atom. The van der Waals surface area contributed by atoms with Gasteiger partial charge in [0.15, 0.2) is 11.0 Å². The summed E-state index contributed by atoms with van der Waals surface area (Å²) in [5.41, 5.74) is 10.1. The second-order valence-corrected chi connectivity index (χ2v) is 9.90. The SMILES string of the molecule is Cc1ccc(C(C)(C)C)cc1-c1n(-c2ccc(-c3ccccc3)cc2)c2ccccc2[n+]1C. The zero-order valence-corrected chi connectivity index (χ0v) is 20.1. The van der Waals surface area contributed by atoms with Crippen LogP contribution >= 0.6 is 0 Å². The maximum absolute atomic E-state index is 2.40. The summed E-state index contributed by atoms with van der Waals surface area (Å²) in [5.74, 6) is 1.20. The lowest BCUT2D eigenvalue weighted by Gasteiger charge is -2.20. The van der Waals surface area contributed by atoms with Crippen LogP contribution < -0.4 is 4.57 Å². The summed E-state index contributed by atoms with van der Waals surface area (Å²) in [6, 6.07) is 35.0. The summed E-state index contributed by atoms with van der Waals surface area (Å²) >= 11 is 0. The third-order valence-electron chi connectivity index (χ3n) is 6.59. The van der Waals surface area contributed by atoms with Gasteiger partial charge in [0.05, 0.1) is 12.6 Å². The van der Waals surface area contributed by atoms with Gasteiger partial charge in [-0.3, -0.25) is 0 Å². The van der Waals surface area contributed by atoms with Crippen LogP contribution in [0.5, 0.6) is 0 Å². The average Bonchev–Trinajstić information content (AvgIpc) is 3.12. The van der Waals surface area contributed by atoms with E-state index in [1.807, 2.05) is 0 Å². The molecular formula is C31H31N2+. The molecule has 0 fully saturated rings. The van der Waals surface area contributed by atoms with E-state index in [2.05, 4.69) is 141 Å². The van der Waals surface area contributed by atoms with Crippen molar-refractivity contribution in [3.8, 4) is 28.2 Å². The molecule has 164 valence electrons. The van der Waals surface area contributed by atoms with Gasteiger partial charge in [0.2, 0.25) is 0 Å². The van der Waals surface area contributed by atoms with Crippen molar-refractivity contribution in [3.05, 3.63) is 108 Å². The van der Waals surface area contributed by atoms with Crippen molar-refractivity contribution in [3.63, 3.8) is 0 Å². The lowest BCUT2D eigenvalue weighted by molar-refractivity contribution is -0.633. The molecule has 0 saturated carbocycles. The summed E-state index contributed by atoms with van der Waals surface area (Å²) < 4.78 is 4.73. The van der Waals surface area contributed by atoms with Crippen molar-refractivity contribution in [1.29, 1.82) is 0 Å². The molecule has 0 bridgehead atoms. The number of aromatic nitrogens is 2. The van der Waals surface area contributed by atoms with Crippen molar-refractivity contribution in [2.45, 2.75) is 33.1 Å². The molecular weight excluding hydrogens is 400 g/mol. The average molecular weight is 432 g/mol. The molecule has 1 aromatic heterocycles. The molecule has 0 radical (unpaired) electrons. The Hall–Kier alpha value is -3.65. The normalized spacial score (nSPS) is 11.8. The van der Waals surface area contributed by atoms with E-state index >= 15 is 0 Å². The minimum absolute atomic E-state index is 0.0925. The molecule has 0 aliphatic carbocycles. The number of hydrogen-bond donors (Lipinski definition) is 0. The predicted molar refractivity (Wildman–Crippen MR) is 139 cm³/mol. The number of rotatable bonds is 3. The second kappa shape index (κ2) is 8.04. The van der Waals surface area contributed by atoms with E-state index in [0.29, 0.717) is 0 Å². The van der Waals surface area contributed by atoms with Crippen LogP contribution in [0.3, 0.4) is 0 Å². The van der Waals surface area contributed by atoms with Crippen LogP contribution in [0.2, 0.25) is 0 Å². The van der Waals surface area contributed by atoms with Crippen LogP contribution in [0.25, 0.3) is 39.2 Å². The fourth-order valence-corrected chi connectivity index (χ4v) is 4.64. The molecule has 0 aliphatic rings. The van der Waals surface area contributed by atoms with Gasteiger partial charge in [0.1, 0.15) is 5.69 Å². The summed E-state index contributed by atoms with van der Waals surface area (Å²) in [5, 5.41) is 0. The standard InChI is InChI=1S/C31H31N2/c1-22-15-18-25(31(2,3)4)21-27(22)30-32(5)28-13-9-10-14-29(28)33(30)26-19-16-24(17-20-26)23-11-7-6-8-12-23/h6-21H,1-5H3/q+1. The molecule has 0 N–H and O–H groups in total. The smallest absolute Gasteiger partial charge is 0.225 e. The van der Waals surface area contributed by atoms with Crippen LogP contribution in [0.15, 0.2) is 97.1 Å². The van der Waals surface area contributed by atoms with Gasteiger partial charge in [-0.15, -0.1) is 0 Å². The Bertz CT molecular complexity index is 1430. The summed E-state index contributed by atoms with van der Waals surface area (Å²) in [6.45, 7) is 9.04. The molecule has 33 heavy (non-hydrogen) atoms. The van der Waals surface area contributed by atoms with Crippen LogP contribution in [-0.4, -0.2) is 4.57 Å². The number of nitrogens with zero attached hydrogens (tertiary/aromatic N) is 2. The Balaban J connectivity index is 1.75. The molecule has 0 spiro atoms. The topological polar surface area (TPSA) is 8.81 Å². The monoisotopic (exact) mass is 431 g/mol. The van der Waals surface area contributed by atoms with E-state index in [1.54, 1.807) is 0 Å². The van der Waals surface area contributed by atoms with Gasteiger partial charge >= 0.3 is 0 Å². The number of aryl methyl sites for hydroxylation is 2. The first-order chi connectivity index (χ1) is 15.8. The third kappa shape index (κ3) is 3.76. The molecule has 0 saturated heterocycles. The molecule has 0 aliphatic heterocycles. The van der Waals surface area contributed by atoms with E-state index in [-0.39, 0.29) is 5.41 Å². The van der Waals surface area contributed by atoms with Crippen LogP contribution in [-0.2, 0) is 12.5 Å². The molecule has 0 atom stereocenters. The summed E-state index contributed by atoms with van der Waals surface area (Å²) in [7, 11) is 2.18. The van der Waals surface area contributed by atoms with Gasteiger partial charge < -0.3 is 0 Å². The van der Waals surface area contributed by atoms with Crippen LogP contribution in [0.1, 0.15) is 31.9 Å². The fraction of sp³-hybridized carbons (Fsp3) is 0.194. The zero-order valence-electron chi connectivity index (χ0n) is 20.1. The highest BCUT2D eigenvalue weighted by Crippen LogP contribution is 2.33. The summed E-state index contributed by atoms with van der Waals surface area (Å²) in [4.78, 5) is 0. The van der Waals surface area contributed by atoms with Crippen molar-refractivity contribution in [2.24, 2.45) is 7.05 Å². The largest absolute Gasteiger partial charge is 0.295 e. The quantitative estimate of drug-likeness (QED) is 0.263. The fourth-order valence-electron chi connectivity index (χ4n) is 4.64. The van der Waals surface area contributed by atoms with E-state index in [9.17, 15) is 0 Å². The maximum atomic E-state index is 2.40. The first-order valence-electron chi connectivity index (χ1n) is 11.6. The van der Waals surface area contributed by atoms with Crippen molar-refractivity contribution >= 4 is 11.0 Å². The molecule has 2 nitrogen and oxygen atoms in total. The molecule has 4 aromatic carbocycles. The van der Waals surface area contributed by atoms with E-state index in [0.717, 1.165) is 0 Å². The molecule has 5 rings (SSSR count). The van der Waals surface area contributed by atoms with E-state index in [1.165, 1.54) is 50.4 Å². The predicted octanol–water partition coefficient (Wildman–Crippen LogP) is 7.39. The Labute approximate surface area is 196 Å². The highest BCUT2D eigenvalue weighted by atomic mass is 15.2. The maximum Gasteiger partial charge on any atom is 0.295 e. The second-order valence-electron chi connectivity index (χ2n) is 9.90. The number of hydrogen-bond acceptors (Lipinski definition) is 0. The molecule has 1 heterocycles. The van der Waals surface area contributed by atoms with E-state index < -0.39 is 0 Å². The van der Waals surface area contributed by atoms with Crippen molar-refractivity contribution in [2.75, 3.05) is 0 Å². The van der Waals surface area contributed by atoms with Crippen molar-refractivity contribution < 1.29 is 4.57 Å². The lowest BCUT2D eigenvalue weighted by Crippen LogP contribution is -2.30. The number of imidazole rings is 1. The van der Waals surface area contributed by atoms with Gasteiger partial charge in [0, 0.05) is 0 Å². The molecule has 2 heteroatoms. The minimum atomic E-state index is 0.0925. The van der Waals surface area contributed by atoms with Crippen LogP contribution in [0, 0.1) is 6.92 Å². The van der Waals surface area contributed by atoms with Gasteiger partial charge in [-0.05, 0) is 64.9 Å². The molecule has 0 unspecified atom stereocenters. The highest BCUT2D eigenvalue weighted by Gasteiger charge is 2.28. The highest BCUT2D eigenvalue weighted by molar-refractivity contribution is 5.80. The summed E-state index contributed by atoms with van der Waals surface area (Å²) in [6.07, 6.45) is 0. The third-order valence-corrected chi connectivity index (χ3v) is 6.59. The zero-order chi connectivity index (χ0) is 23.2. The molecule has 5 aromatic rings. The van der Waals surface area contributed by atoms with Gasteiger partial charge in [-0.2, -0.15) is 4.57 Å². The van der Waals surface area contributed by atoms with E-state index in [4.69, 9.17) is 0 Å². The lowest BCUT2D eigenvalue weighted by atomic mass is 9.85. The van der Waals surface area contributed by atoms with Gasteiger partial charge in [-0.1, -0.05) is 87.5 Å². The van der Waals surface area contributed by atoms with Gasteiger partial charge in [-0.25, -0.2) is 4.57 Å². The Kier molecular flexibility index (Phi) is 5.17. The Morgan fingerprint density at radius 3 is 2.03 bits per heavy atom.